The first-order valence-corrected chi connectivity index (χ1v) is 8.76. The van der Waals surface area contributed by atoms with Gasteiger partial charge in [0.05, 0.1) is 29.2 Å². The molecule has 1 aromatic heterocycles. The number of nitrogen functional groups attached to an aromatic ring is 1. The van der Waals surface area contributed by atoms with Gasteiger partial charge in [0.25, 0.3) is 0 Å². The number of hydrogen-bond donors (Lipinski definition) is 2. The molecular weight excluding hydrogens is 330 g/mol. The maximum Gasteiger partial charge on any atom is 0.346 e. The third-order valence-corrected chi connectivity index (χ3v) is 4.20. The molecule has 5 heteroatoms. The van der Waals surface area contributed by atoms with Crippen LogP contribution in [0.25, 0.3) is 16.5 Å². The van der Waals surface area contributed by atoms with Gasteiger partial charge in [0, 0.05) is 17.4 Å². The fourth-order valence-corrected chi connectivity index (χ4v) is 2.72. The molecule has 0 amide bonds. The number of anilines is 1. The Kier molecular flexibility index (Phi) is 5.52. The molecule has 142 valence electrons. The van der Waals surface area contributed by atoms with E-state index in [4.69, 9.17) is 14.9 Å². The quantitative estimate of drug-likeness (QED) is 0.586. The largest absolute Gasteiger partial charge is 0.512 e. The van der Waals surface area contributed by atoms with Crippen LogP contribution < -0.4 is 11.4 Å². The van der Waals surface area contributed by atoms with E-state index in [1.165, 1.54) is 0 Å². The molecule has 0 fully saturated rings. The predicted octanol–water partition coefficient (Wildman–Crippen LogP) is 4.90. The maximum absolute atomic E-state index is 12.4. The van der Waals surface area contributed by atoms with Crippen LogP contribution >= 0.6 is 0 Å². The lowest BCUT2D eigenvalue weighted by atomic mass is 9.87. The summed E-state index contributed by atoms with van der Waals surface area (Å²) in [5.74, 6) is 0.113. The van der Waals surface area contributed by atoms with Gasteiger partial charge in [-0.25, -0.2) is 4.79 Å². The van der Waals surface area contributed by atoms with Crippen molar-refractivity contribution in [2.75, 3.05) is 12.3 Å². The molecule has 0 bridgehead atoms. The normalized spacial score (nSPS) is 13.8. The fourth-order valence-electron chi connectivity index (χ4n) is 2.72. The van der Waals surface area contributed by atoms with E-state index in [1.54, 1.807) is 25.1 Å². The summed E-state index contributed by atoms with van der Waals surface area (Å²) in [6.45, 7) is 12.2. The molecule has 0 aliphatic carbocycles. The molecule has 26 heavy (non-hydrogen) atoms. The fraction of sp³-hybridized carbons (Fsp3) is 0.476. The monoisotopic (exact) mass is 359 g/mol. The van der Waals surface area contributed by atoms with Crippen molar-refractivity contribution in [1.29, 1.82) is 0 Å². The number of aliphatic hydroxyl groups is 1. The summed E-state index contributed by atoms with van der Waals surface area (Å²) in [5, 5.41) is 11.3. The minimum absolute atomic E-state index is 0.113. The molecule has 0 aliphatic rings. The molecule has 0 aliphatic heterocycles. The number of allylic oxidation sites excluding steroid dienone is 2. The zero-order chi connectivity index (χ0) is 19.7. The Morgan fingerprint density at radius 3 is 2.42 bits per heavy atom. The number of benzene rings is 1. The average molecular weight is 359 g/mol. The summed E-state index contributed by atoms with van der Waals surface area (Å²) in [7, 11) is 0. The van der Waals surface area contributed by atoms with Crippen molar-refractivity contribution in [2.45, 2.75) is 53.6 Å². The van der Waals surface area contributed by atoms with Crippen LogP contribution in [-0.2, 0) is 4.74 Å². The van der Waals surface area contributed by atoms with E-state index in [1.807, 2.05) is 40.7 Å². The van der Waals surface area contributed by atoms with E-state index in [0.29, 0.717) is 35.3 Å². The van der Waals surface area contributed by atoms with Crippen LogP contribution in [0.4, 0.5) is 5.69 Å². The van der Waals surface area contributed by atoms with Crippen molar-refractivity contribution in [1.82, 2.24) is 0 Å². The second-order valence-corrected chi connectivity index (χ2v) is 8.49. The smallest absolute Gasteiger partial charge is 0.346 e. The highest BCUT2D eigenvalue weighted by molar-refractivity contribution is 5.94. The van der Waals surface area contributed by atoms with Gasteiger partial charge in [-0.15, -0.1) is 0 Å². The second-order valence-electron chi connectivity index (χ2n) is 8.49. The molecule has 0 saturated carbocycles. The Bertz CT molecular complexity index is 885. The summed E-state index contributed by atoms with van der Waals surface area (Å²) in [6.07, 6.45) is 0.362. The Hall–Kier alpha value is -2.27. The average Bonchev–Trinajstić information content (AvgIpc) is 2.52. The number of para-hydroxylation sites is 1. The predicted molar refractivity (Wildman–Crippen MR) is 106 cm³/mol. The molecule has 3 N–H and O–H groups in total. The lowest BCUT2D eigenvalue weighted by Gasteiger charge is -2.29. The molecule has 0 spiro atoms. The summed E-state index contributed by atoms with van der Waals surface area (Å²) in [4.78, 5) is 12.4. The first-order valence-electron chi connectivity index (χ1n) is 8.76. The molecule has 2 aromatic rings. The van der Waals surface area contributed by atoms with Crippen LogP contribution in [0.1, 0.15) is 53.5 Å². The zero-order valence-corrected chi connectivity index (χ0v) is 16.5. The lowest BCUT2D eigenvalue weighted by Crippen LogP contribution is -2.28. The number of aliphatic hydroxyl groups excluding tert-OH is 1. The van der Waals surface area contributed by atoms with Crippen LogP contribution in [0.2, 0.25) is 0 Å². The minimum Gasteiger partial charge on any atom is -0.512 e. The Morgan fingerprint density at radius 1 is 1.19 bits per heavy atom. The van der Waals surface area contributed by atoms with Crippen LogP contribution in [0.3, 0.4) is 0 Å². The summed E-state index contributed by atoms with van der Waals surface area (Å²) in [5.41, 5.74) is 6.52. The third-order valence-electron chi connectivity index (χ3n) is 4.20. The third kappa shape index (κ3) is 4.67. The molecule has 0 atom stereocenters. The van der Waals surface area contributed by atoms with Crippen LogP contribution in [-0.4, -0.2) is 17.3 Å². The van der Waals surface area contributed by atoms with Gasteiger partial charge in [-0.1, -0.05) is 26.0 Å². The lowest BCUT2D eigenvalue weighted by molar-refractivity contribution is -0.0446. The van der Waals surface area contributed by atoms with Gasteiger partial charge >= 0.3 is 5.63 Å². The Balaban J connectivity index is 2.39. The van der Waals surface area contributed by atoms with Gasteiger partial charge in [0.15, 0.2) is 0 Å². The first-order chi connectivity index (χ1) is 11.9. The van der Waals surface area contributed by atoms with Gasteiger partial charge < -0.3 is 20.0 Å². The molecule has 1 heterocycles. The van der Waals surface area contributed by atoms with Crippen molar-refractivity contribution < 1.29 is 14.3 Å². The standard InChI is InChI=1S/C21H29NO4/c1-13(15(23)11-21(5,6)12-25-20(2,3)4)17-18(22)14-9-7-8-10-16(14)26-19(17)24/h7-10,23H,11-12,22H2,1-6H3/b15-13-. The van der Waals surface area contributed by atoms with Crippen molar-refractivity contribution in [3.63, 3.8) is 0 Å². The molecular formula is C21H29NO4. The van der Waals surface area contributed by atoms with Crippen molar-refractivity contribution in [2.24, 2.45) is 5.41 Å². The molecule has 0 saturated heterocycles. The maximum atomic E-state index is 12.4. The van der Waals surface area contributed by atoms with E-state index in [2.05, 4.69) is 0 Å². The number of nitrogens with two attached hydrogens (primary N) is 1. The number of fused-ring (bicyclic) bond motifs is 1. The molecule has 0 unspecified atom stereocenters. The van der Waals surface area contributed by atoms with E-state index < -0.39 is 5.63 Å². The highest BCUT2D eigenvalue weighted by Crippen LogP contribution is 2.32. The van der Waals surface area contributed by atoms with Crippen LogP contribution in [0.5, 0.6) is 0 Å². The van der Waals surface area contributed by atoms with Crippen molar-refractivity contribution in [3.8, 4) is 0 Å². The van der Waals surface area contributed by atoms with Gasteiger partial charge in [-0.3, -0.25) is 0 Å². The van der Waals surface area contributed by atoms with Crippen molar-refractivity contribution in [3.05, 3.63) is 46.0 Å². The number of ether oxygens (including phenoxy) is 1. The van der Waals surface area contributed by atoms with Gasteiger partial charge in [-0.05, 0) is 45.2 Å². The molecule has 0 radical (unpaired) electrons. The highest BCUT2D eigenvalue weighted by atomic mass is 16.5. The second kappa shape index (κ2) is 7.16. The Labute approximate surface area is 154 Å². The van der Waals surface area contributed by atoms with Crippen molar-refractivity contribution >= 4 is 22.2 Å². The van der Waals surface area contributed by atoms with E-state index in [-0.39, 0.29) is 22.3 Å². The zero-order valence-electron chi connectivity index (χ0n) is 16.5. The van der Waals surface area contributed by atoms with Gasteiger partial charge in [0.2, 0.25) is 0 Å². The van der Waals surface area contributed by atoms with E-state index in [9.17, 15) is 9.90 Å². The van der Waals surface area contributed by atoms with Gasteiger partial charge in [-0.2, -0.15) is 0 Å². The number of hydrogen-bond acceptors (Lipinski definition) is 5. The SMILES string of the molecule is C/C(=C(/O)CC(C)(C)COC(C)(C)C)c1c(N)c2ccccc2oc1=O. The molecule has 5 nitrogen and oxygen atoms in total. The number of rotatable bonds is 5. The van der Waals surface area contributed by atoms with E-state index in [0.717, 1.165) is 0 Å². The molecule has 1 aromatic carbocycles. The first kappa shape index (κ1) is 20.0. The minimum atomic E-state index is -0.547. The summed E-state index contributed by atoms with van der Waals surface area (Å²) in [6, 6.07) is 7.10. The van der Waals surface area contributed by atoms with Crippen LogP contribution in [0, 0.1) is 5.41 Å². The highest BCUT2D eigenvalue weighted by Gasteiger charge is 2.25. The summed E-state index contributed by atoms with van der Waals surface area (Å²) >= 11 is 0. The topological polar surface area (TPSA) is 85.7 Å². The van der Waals surface area contributed by atoms with Crippen LogP contribution in [0.15, 0.2) is 39.2 Å². The molecule has 2 rings (SSSR count). The van der Waals surface area contributed by atoms with Gasteiger partial charge in [0.1, 0.15) is 5.58 Å². The summed E-state index contributed by atoms with van der Waals surface area (Å²) < 4.78 is 11.2. The van der Waals surface area contributed by atoms with E-state index >= 15 is 0 Å². The Morgan fingerprint density at radius 2 is 1.81 bits per heavy atom.